The van der Waals surface area contributed by atoms with Gasteiger partial charge in [0.15, 0.2) is 0 Å². The topological polar surface area (TPSA) is 81.4 Å². The monoisotopic (exact) mass is 499 g/mol. The highest BCUT2D eigenvalue weighted by molar-refractivity contribution is 5.97. The standard InChI is InChI=1S/C26H28F3N5O2/c1-32-10-2-3-21(32)24(36)34-16-25(14-22(34)23(35)31-18-5-6-18)8-11-33(12-9-25)19-7-4-17(15-30)20(13-19)26(27,28)29/h2-4,7,10,13,18,22H,5-6,8-9,11-12,14,16H2,1H3,(H,31,35). The summed E-state index contributed by atoms with van der Waals surface area (Å²) >= 11 is 0. The van der Waals surface area contributed by atoms with Gasteiger partial charge in [-0.2, -0.15) is 18.4 Å². The Hall–Kier alpha value is -3.48. The molecule has 3 fully saturated rings. The third-order valence-corrected chi connectivity index (χ3v) is 7.78. The number of anilines is 1. The lowest BCUT2D eigenvalue weighted by Gasteiger charge is -2.40. The zero-order chi connectivity index (χ0) is 25.7. The molecule has 1 aromatic heterocycles. The van der Waals surface area contributed by atoms with Gasteiger partial charge < -0.3 is 19.7 Å². The predicted octanol–water partition coefficient (Wildman–Crippen LogP) is 3.70. The number of halogens is 3. The van der Waals surface area contributed by atoms with Crippen molar-refractivity contribution >= 4 is 17.5 Å². The average Bonchev–Trinajstić information content (AvgIpc) is 3.43. The van der Waals surface area contributed by atoms with Crippen LogP contribution in [0, 0.1) is 16.7 Å². The van der Waals surface area contributed by atoms with Crippen molar-refractivity contribution in [3.05, 3.63) is 53.3 Å². The molecule has 10 heteroatoms. The minimum absolute atomic E-state index is 0.124. The van der Waals surface area contributed by atoms with Crippen molar-refractivity contribution in [1.82, 2.24) is 14.8 Å². The zero-order valence-electron chi connectivity index (χ0n) is 20.0. The second-order valence-corrected chi connectivity index (χ2v) is 10.3. The molecule has 2 amide bonds. The lowest BCUT2D eigenvalue weighted by Crippen LogP contribution is -2.47. The minimum atomic E-state index is -4.61. The fourth-order valence-corrected chi connectivity index (χ4v) is 5.52. The highest BCUT2D eigenvalue weighted by atomic mass is 19.4. The first kappa shape index (κ1) is 24.2. The number of nitriles is 1. The quantitative estimate of drug-likeness (QED) is 0.696. The molecule has 3 heterocycles. The summed E-state index contributed by atoms with van der Waals surface area (Å²) in [6, 6.07) is 8.60. The Kier molecular flexibility index (Phi) is 5.97. The van der Waals surface area contributed by atoms with Crippen molar-refractivity contribution in [3.63, 3.8) is 0 Å². The Labute approximate surface area is 207 Å². The van der Waals surface area contributed by atoms with E-state index >= 15 is 0 Å². The number of rotatable bonds is 4. The summed E-state index contributed by atoms with van der Waals surface area (Å²) in [5, 5.41) is 12.1. The molecule has 1 N–H and O–H groups in total. The van der Waals surface area contributed by atoms with Crippen molar-refractivity contribution in [2.45, 2.75) is 50.4 Å². The summed E-state index contributed by atoms with van der Waals surface area (Å²) in [4.78, 5) is 30.1. The number of piperidine rings is 1. The van der Waals surface area contributed by atoms with E-state index < -0.39 is 23.3 Å². The maximum absolute atomic E-state index is 13.5. The summed E-state index contributed by atoms with van der Waals surface area (Å²) in [6.45, 7) is 1.45. The number of aryl methyl sites for hydroxylation is 1. The van der Waals surface area contributed by atoms with Gasteiger partial charge in [-0.05, 0) is 67.9 Å². The Morgan fingerprint density at radius 3 is 2.47 bits per heavy atom. The van der Waals surface area contributed by atoms with Crippen LogP contribution in [-0.4, -0.2) is 53.0 Å². The molecule has 1 spiro atoms. The number of hydrogen-bond donors (Lipinski definition) is 1. The highest BCUT2D eigenvalue weighted by Crippen LogP contribution is 2.45. The number of aromatic nitrogens is 1. The van der Waals surface area contributed by atoms with Gasteiger partial charge in [-0.1, -0.05) is 0 Å². The van der Waals surface area contributed by atoms with Crippen LogP contribution in [0.25, 0.3) is 0 Å². The van der Waals surface area contributed by atoms with Crippen LogP contribution >= 0.6 is 0 Å². The van der Waals surface area contributed by atoms with Gasteiger partial charge in [-0.3, -0.25) is 9.59 Å². The largest absolute Gasteiger partial charge is 0.417 e. The van der Waals surface area contributed by atoms with Crippen LogP contribution in [0.3, 0.4) is 0 Å². The van der Waals surface area contributed by atoms with Crippen molar-refractivity contribution in [1.29, 1.82) is 5.26 Å². The van der Waals surface area contributed by atoms with E-state index in [4.69, 9.17) is 5.26 Å². The van der Waals surface area contributed by atoms with Gasteiger partial charge in [0.2, 0.25) is 5.91 Å². The zero-order valence-corrected chi connectivity index (χ0v) is 20.0. The van der Waals surface area contributed by atoms with Crippen LogP contribution in [-0.2, 0) is 18.0 Å². The SMILES string of the molecule is Cn1cccc1C(=O)N1CC2(CCN(c3ccc(C#N)c(C(F)(F)F)c3)CC2)CC1C(=O)NC1CC1. The summed E-state index contributed by atoms with van der Waals surface area (Å²) in [6.07, 6.45) is 0.935. The third-order valence-electron chi connectivity index (χ3n) is 7.78. The Morgan fingerprint density at radius 1 is 1.17 bits per heavy atom. The molecule has 190 valence electrons. The van der Waals surface area contributed by atoms with Gasteiger partial charge in [0.25, 0.3) is 5.91 Å². The fourth-order valence-electron chi connectivity index (χ4n) is 5.52. The summed E-state index contributed by atoms with van der Waals surface area (Å²) in [5.74, 6) is -0.305. The number of nitrogens with one attached hydrogen (secondary N) is 1. The number of amides is 2. The number of benzene rings is 1. The van der Waals surface area contributed by atoms with Crippen LogP contribution in [0.2, 0.25) is 0 Å². The van der Waals surface area contributed by atoms with Crippen molar-refractivity contribution in [2.24, 2.45) is 12.5 Å². The van der Waals surface area contributed by atoms with E-state index in [0.717, 1.165) is 18.9 Å². The molecule has 0 radical (unpaired) electrons. The molecule has 7 nitrogen and oxygen atoms in total. The number of alkyl halides is 3. The normalized spacial score (nSPS) is 21.5. The molecule has 2 saturated heterocycles. The van der Waals surface area contributed by atoms with E-state index in [1.54, 1.807) is 47.0 Å². The van der Waals surface area contributed by atoms with Crippen LogP contribution in [0.5, 0.6) is 0 Å². The first-order valence-electron chi connectivity index (χ1n) is 12.2. The molecule has 2 aliphatic heterocycles. The second-order valence-electron chi connectivity index (χ2n) is 10.3. The number of hydrogen-bond acceptors (Lipinski definition) is 4. The van der Waals surface area contributed by atoms with Crippen LogP contribution < -0.4 is 10.2 Å². The molecule has 5 rings (SSSR count). The molecule has 1 saturated carbocycles. The first-order valence-corrected chi connectivity index (χ1v) is 12.2. The van der Waals surface area contributed by atoms with Crippen LogP contribution in [0.1, 0.15) is 53.7 Å². The van der Waals surface area contributed by atoms with Crippen molar-refractivity contribution in [3.8, 4) is 6.07 Å². The number of carbonyl (C=O) groups is 2. The summed E-state index contributed by atoms with van der Waals surface area (Å²) < 4.78 is 42.1. The second kappa shape index (κ2) is 8.87. The van der Waals surface area contributed by atoms with E-state index in [1.807, 2.05) is 4.90 Å². The molecule has 0 bridgehead atoms. The maximum Gasteiger partial charge on any atom is 0.417 e. The Morgan fingerprint density at radius 2 is 1.89 bits per heavy atom. The molecular weight excluding hydrogens is 471 g/mol. The average molecular weight is 500 g/mol. The number of carbonyl (C=O) groups excluding carboxylic acids is 2. The molecule has 3 aliphatic rings. The van der Waals surface area contributed by atoms with Crippen molar-refractivity contribution < 1.29 is 22.8 Å². The number of likely N-dealkylation sites (tertiary alicyclic amines) is 1. The van der Waals surface area contributed by atoms with E-state index in [0.29, 0.717) is 50.3 Å². The van der Waals surface area contributed by atoms with Gasteiger partial charge in [0.1, 0.15) is 11.7 Å². The summed E-state index contributed by atoms with van der Waals surface area (Å²) in [7, 11) is 1.80. The van der Waals surface area contributed by atoms with Gasteiger partial charge >= 0.3 is 6.18 Å². The smallest absolute Gasteiger partial charge is 0.371 e. The predicted molar refractivity (Wildman–Crippen MR) is 126 cm³/mol. The van der Waals surface area contributed by atoms with Gasteiger partial charge in [0.05, 0.1) is 17.2 Å². The van der Waals surface area contributed by atoms with Crippen LogP contribution in [0.4, 0.5) is 18.9 Å². The van der Waals surface area contributed by atoms with Gasteiger partial charge in [0, 0.05) is 44.6 Å². The van der Waals surface area contributed by atoms with Gasteiger partial charge in [-0.25, -0.2) is 0 Å². The molecule has 2 aromatic rings. The van der Waals surface area contributed by atoms with Crippen LogP contribution in [0.15, 0.2) is 36.5 Å². The van der Waals surface area contributed by atoms with E-state index in [9.17, 15) is 22.8 Å². The minimum Gasteiger partial charge on any atom is -0.371 e. The lowest BCUT2D eigenvalue weighted by molar-refractivity contribution is -0.137. The highest BCUT2D eigenvalue weighted by Gasteiger charge is 2.50. The number of nitrogens with zero attached hydrogens (tertiary/aromatic N) is 4. The van der Waals surface area contributed by atoms with E-state index in [2.05, 4.69) is 5.32 Å². The first-order chi connectivity index (χ1) is 17.1. The third kappa shape index (κ3) is 4.54. The summed E-state index contributed by atoms with van der Waals surface area (Å²) in [5.41, 5.74) is -0.655. The van der Waals surface area contributed by atoms with E-state index in [1.165, 1.54) is 6.07 Å². The Bertz CT molecular complexity index is 1220. The molecular formula is C26H28F3N5O2. The molecule has 1 aliphatic carbocycles. The molecule has 1 aromatic carbocycles. The van der Waals surface area contributed by atoms with Gasteiger partial charge in [-0.15, -0.1) is 0 Å². The Balaban J connectivity index is 1.35. The maximum atomic E-state index is 13.5. The van der Waals surface area contributed by atoms with E-state index in [-0.39, 0.29) is 23.3 Å². The molecule has 36 heavy (non-hydrogen) atoms. The fraction of sp³-hybridized carbons (Fsp3) is 0.500. The molecule has 1 unspecified atom stereocenters. The lowest BCUT2D eigenvalue weighted by atomic mass is 9.76. The van der Waals surface area contributed by atoms with Crippen molar-refractivity contribution in [2.75, 3.05) is 24.5 Å². The molecule has 1 atom stereocenters.